The monoisotopic (exact) mass is 269 g/mol. The van der Waals surface area contributed by atoms with Gasteiger partial charge in [-0.3, -0.25) is 4.57 Å². The third kappa shape index (κ3) is 1.97. The fourth-order valence-corrected chi connectivity index (χ4v) is 3.21. The average molecular weight is 269 g/mol. The molecule has 0 radical (unpaired) electrons. The van der Waals surface area contributed by atoms with Crippen LogP contribution in [0.3, 0.4) is 0 Å². The van der Waals surface area contributed by atoms with Crippen molar-refractivity contribution in [1.82, 2.24) is 19.5 Å². The summed E-state index contributed by atoms with van der Waals surface area (Å²) < 4.78 is 1.93. The highest BCUT2D eigenvalue weighted by Gasteiger charge is 2.45. The maximum absolute atomic E-state index is 4.73. The molecule has 1 aliphatic heterocycles. The van der Waals surface area contributed by atoms with Crippen LogP contribution in [0.5, 0.6) is 0 Å². The summed E-state index contributed by atoms with van der Waals surface area (Å²) >= 11 is 0. The van der Waals surface area contributed by atoms with Gasteiger partial charge in [-0.25, -0.2) is 9.97 Å². The van der Waals surface area contributed by atoms with Crippen LogP contribution in [0.15, 0.2) is 24.7 Å². The van der Waals surface area contributed by atoms with Gasteiger partial charge in [0.05, 0.1) is 0 Å². The first-order valence-electron chi connectivity index (χ1n) is 7.34. The SMILES string of the molecule is Cc1nccn1-c1nccc(N2CCCC3(CC3)C2)n1. The quantitative estimate of drug-likeness (QED) is 0.839. The highest BCUT2D eigenvalue weighted by atomic mass is 15.3. The maximum Gasteiger partial charge on any atom is 0.237 e. The summed E-state index contributed by atoms with van der Waals surface area (Å²) in [4.78, 5) is 15.8. The lowest BCUT2D eigenvalue weighted by atomic mass is 9.95. The van der Waals surface area contributed by atoms with Gasteiger partial charge >= 0.3 is 0 Å². The Labute approximate surface area is 118 Å². The van der Waals surface area contributed by atoms with Crippen molar-refractivity contribution in [2.75, 3.05) is 18.0 Å². The Morgan fingerprint density at radius 2 is 2.05 bits per heavy atom. The van der Waals surface area contributed by atoms with Gasteiger partial charge in [0.2, 0.25) is 5.95 Å². The standard InChI is InChI=1S/C15H19N5/c1-12-16-8-10-20(12)14-17-7-3-13(18-14)19-9-2-4-15(11-19)5-6-15/h3,7-8,10H,2,4-6,9,11H2,1H3. The molecule has 2 fully saturated rings. The third-order valence-corrected chi connectivity index (χ3v) is 4.61. The van der Waals surface area contributed by atoms with E-state index in [9.17, 15) is 0 Å². The number of rotatable bonds is 2. The van der Waals surface area contributed by atoms with Gasteiger partial charge in [-0.15, -0.1) is 0 Å². The molecule has 2 aliphatic rings. The molecule has 5 heteroatoms. The van der Waals surface area contributed by atoms with Crippen molar-refractivity contribution < 1.29 is 0 Å². The second-order valence-electron chi connectivity index (χ2n) is 6.08. The van der Waals surface area contributed by atoms with Crippen molar-refractivity contribution >= 4 is 5.82 Å². The zero-order valence-electron chi connectivity index (χ0n) is 11.8. The van der Waals surface area contributed by atoms with Crippen molar-refractivity contribution in [3.8, 4) is 5.95 Å². The van der Waals surface area contributed by atoms with Crippen LogP contribution in [-0.4, -0.2) is 32.6 Å². The van der Waals surface area contributed by atoms with Crippen LogP contribution in [0.25, 0.3) is 5.95 Å². The number of hydrogen-bond donors (Lipinski definition) is 0. The van der Waals surface area contributed by atoms with E-state index in [-0.39, 0.29) is 0 Å². The number of aryl methyl sites for hydroxylation is 1. The summed E-state index contributed by atoms with van der Waals surface area (Å²) in [7, 11) is 0. The topological polar surface area (TPSA) is 46.8 Å². The van der Waals surface area contributed by atoms with Crippen molar-refractivity contribution in [2.45, 2.75) is 32.6 Å². The van der Waals surface area contributed by atoms with Crippen LogP contribution in [-0.2, 0) is 0 Å². The first-order chi connectivity index (χ1) is 9.76. The molecule has 0 unspecified atom stereocenters. The highest BCUT2D eigenvalue weighted by molar-refractivity contribution is 5.41. The molecule has 0 bridgehead atoms. The summed E-state index contributed by atoms with van der Waals surface area (Å²) in [5.74, 6) is 2.68. The van der Waals surface area contributed by atoms with E-state index in [0.29, 0.717) is 11.4 Å². The Balaban J connectivity index is 1.64. The Bertz CT molecular complexity index is 629. The van der Waals surface area contributed by atoms with Crippen LogP contribution in [0.2, 0.25) is 0 Å². The smallest absolute Gasteiger partial charge is 0.237 e. The van der Waals surface area contributed by atoms with Crippen LogP contribution in [0.4, 0.5) is 5.82 Å². The van der Waals surface area contributed by atoms with E-state index in [4.69, 9.17) is 4.98 Å². The van der Waals surface area contributed by atoms with Gasteiger partial charge in [-0.2, -0.15) is 4.98 Å². The lowest BCUT2D eigenvalue weighted by Gasteiger charge is -2.33. The summed E-state index contributed by atoms with van der Waals surface area (Å²) in [6, 6.07) is 2.02. The van der Waals surface area contributed by atoms with Crippen LogP contribution in [0, 0.1) is 12.3 Å². The summed E-state index contributed by atoms with van der Waals surface area (Å²) in [5.41, 5.74) is 0.605. The van der Waals surface area contributed by atoms with E-state index < -0.39 is 0 Å². The summed E-state index contributed by atoms with van der Waals surface area (Å²) in [6.07, 6.45) is 11.0. The van der Waals surface area contributed by atoms with E-state index in [1.807, 2.05) is 30.0 Å². The van der Waals surface area contributed by atoms with Crippen LogP contribution >= 0.6 is 0 Å². The van der Waals surface area contributed by atoms with Crippen LogP contribution in [0.1, 0.15) is 31.5 Å². The van der Waals surface area contributed by atoms with E-state index in [0.717, 1.165) is 24.7 Å². The van der Waals surface area contributed by atoms with Gasteiger partial charge < -0.3 is 4.90 Å². The average Bonchev–Trinajstić information content (AvgIpc) is 3.07. The molecule has 1 aliphatic carbocycles. The zero-order chi connectivity index (χ0) is 13.6. The Hall–Kier alpha value is -1.91. The molecule has 0 aromatic carbocycles. The van der Waals surface area contributed by atoms with E-state index in [1.165, 1.54) is 25.7 Å². The molecule has 1 saturated carbocycles. The lowest BCUT2D eigenvalue weighted by molar-refractivity contribution is 0.393. The summed E-state index contributed by atoms with van der Waals surface area (Å²) in [5, 5.41) is 0. The molecule has 2 aromatic heterocycles. The number of nitrogens with zero attached hydrogens (tertiary/aromatic N) is 5. The van der Waals surface area contributed by atoms with Gasteiger partial charge in [0.1, 0.15) is 11.6 Å². The second-order valence-corrected chi connectivity index (χ2v) is 6.08. The fraction of sp³-hybridized carbons (Fsp3) is 0.533. The van der Waals surface area contributed by atoms with Gasteiger partial charge in [0, 0.05) is 31.7 Å². The first kappa shape index (κ1) is 11.9. The van der Waals surface area contributed by atoms with Crippen molar-refractivity contribution in [2.24, 2.45) is 5.41 Å². The Kier molecular flexibility index (Phi) is 2.55. The van der Waals surface area contributed by atoms with Crippen molar-refractivity contribution in [3.63, 3.8) is 0 Å². The largest absolute Gasteiger partial charge is 0.356 e. The van der Waals surface area contributed by atoms with Gasteiger partial charge in [-0.1, -0.05) is 0 Å². The molecule has 1 saturated heterocycles. The minimum atomic E-state index is 0.605. The predicted octanol–water partition coefficient (Wildman–Crippen LogP) is 2.35. The van der Waals surface area contributed by atoms with Crippen molar-refractivity contribution in [1.29, 1.82) is 0 Å². The zero-order valence-corrected chi connectivity index (χ0v) is 11.8. The normalized spacial score (nSPS) is 20.4. The van der Waals surface area contributed by atoms with E-state index >= 15 is 0 Å². The number of anilines is 1. The van der Waals surface area contributed by atoms with E-state index in [1.54, 1.807) is 6.20 Å². The number of piperidine rings is 1. The van der Waals surface area contributed by atoms with Crippen molar-refractivity contribution in [3.05, 3.63) is 30.5 Å². The second kappa shape index (κ2) is 4.30. The number of hydrogen-bond acceptors (Lipinski definition) is 4. The molecule has 2 aromatic rings. The highest BCUT2D eigenvalue weighted by Crippen LogP contribution is 2.52. The lowest BCUT2D eigenvalue weighted by Crippen LogP contribution is -2.37. The Morgan fingerprint density at radius 1 is 1.15 bits per heavy atom. The fourth-order valence-electron chi connectivity index (χ4n) is 3.21. The van der Waals surface area contributed by atoms with Gasteiger partial charge in [0.15, 0.2) is 0 Å². The predicted molar refractivity (Wildman–Crippen MR) is 77.0 cm³/mol. The molecule has 0 N–H and O–H groups in total. The molecule has 104 valence electrons. The third-order valence-electron chi connectivity index (χ3n) is 4.61. The van der Waals surface area contributed by atoms with Gasteiger partial charge in [0.25, 0.3) is 0 Å². The van der Waals surface area contributed by atoms with Crippen LogP contribution < -0.4 is 4.90 Å². The molecule has 4 rings (SSSR count). The molecule has 1 spiro atoms. The first-order valence-corrected chi connectivity index (χ1v) is 7.34. The molecular formula is C15H19N5. The van der Waals surface area contributed by atoms with E-state index in [2.05, 4.69) is 14.9 Å². The molecule has 3 heterocycles. The molecule has 20 heavy (non-hydrogen) atoms. The minimum absolute atomic E-state index is 0.605. The molecular weight excluding hydrogens is 250 g/mol. The number of imidazole rings is 1. The summed E-state index contributed by atoms with van der Waals surface area (Å²) in [6.45, 7) is 4.24. The Morgan fingerprint density at radius 3 is 2.80 bits per heavy atom. The minimum Gasteiger partial charge on any atom is -0.356 e. The molecule has 5 nitrogen and oxygen atoms in total. The molecule has 0 amide bonds. The maximum atomic E-state index is 4.73. The van der Waals surface area contributed by atoms with Gasteiger partial charge in [-0.05, 0) is 44.1 Å². The number of aromatic nitrogens is 4. The molecule has 0 atom stereocenters.